The van der Waals surface area contributed by atoms with Gasteiger partial charge in [0.05, 0.1) is 18.6 Å². The zero-order chi connectivity index (χ0) is 15.7. The van der Waals surface area contributed by atoms with Gasteiger partial charge in [0, 0.05) is 19.1 Å². The molecule has 1 aliphatic carbocycles. The second kappa shape index (κ2) is 5.97. The van der Waals surface area contributed by atoms with Crippen LogP contribution in [0.5, 0.6) is 0 Å². The first-order valence-electron chi connectivity index (χ1n) is 7.85. The molecule has 1 heterocycles. The van der Waals surface area contributed by atoms with Crippen molar-refractivity contribution in [3.05, 3.63) is 35.1 Å². The van der Waals surface area contributed by atoms with E-state index in [1.54, 1.807) is 19.1 Å². The molecule has 2 aliphatic rings. The van der Waals surface area contributed by atoms with E-state index in [-0.39, 0.29) is 11.9 Å². The van der Waals surface area contributed by atoms with E-state index < -0.39 is 11.4 Å². The van der Waals surface area contributed by atoms with Crippen LogP contribution in [0.4, 0.5) is 4.39 Å². The van der Waals surface area contributed by atoms with Gasteiger partial charge in [0.15, 0.2) is 0 Å². The number of rotatable bonds is 3. The van der Waals surface area contributed by atoms with Crippen LogP contribution in [0.1, 0.15) is 30.4 Å². The van der Waals surface area contributed by atoms with Crippen molar-refractivity contribution in [2.24, 2.45) is 0 Å². The van der Waals surface area contributed by atoms with Crippen LogP contribution >= 0.6 is 0 Å². The largest absolute Gasteiger partial charge is 0.481 e. The molecule has 1 aromatic carbocycles. The predicted octanol–water partition coefficient (Wildman–Crippen LogP) is 2.34. The number of morpholine rings is 1. The predicted molar refractivity (Wildman–Crippen MR) is 80.5 cm³/mol. The Morgan fingerprint density at radius 3 is 2.82 bits per heavy atom. The van der Waals surface area contributed by atoms with Crippen LogP contribution in [0, 0.1) is 12.7 Å². The van der Waals surface area contributed by atoms with Gasteiger partial charge < -0.3 is 9.84 Å². The van der Waals surface area contributed by atoms with Crippen molar-refractivity contribution < 1.29 is 19.0 Å². The lowest BCUT2D eigenvalue weighted by Gasteiger charge is -2.33. The van der Waals surface area contributed by atoms with Crippen molar-refractivity contribution in [2.75, 3.05) is 26.3 Å². The third-order valence-corrected chi connectivity index (χ3v) is 5.24. The molecule has 2 unspecified atom stereocenters. The zero-order valence-electron chi connectivity index (χ0n) is 12.8. The quantitative estimate of drug-likeness (QED) is 0.931. The van der Waals surface area contributed by atoms with Gasteiger partial charge in [0.1, 0.15) is 5.82 Å². The van der Waals surface area contributed by atoms with Crippen LogP contribution in [0.25, 0.3) is 0 Å². The van der Waals surface area contributed by atoms with Gasteiger partial charge in [-0.2, -0.15) is 0 Å². The average molecular weight is 307 g/mol. The molecule has 1 N–H and O–H groups in total. The summed E-state index contributed by atoms with van der Waals surface area (Å²) in [7, 11) is 0. The van der Waals surface area contributed by atoms with Crippen LogP contribution in [0.15, 0.2) is 18.2 Å². The Balaban J connectivity index is 1.90. The summed E-state index contributed by atoms with van der Waals surface area (Å²) in [5, 5.41) is 9.88. The maximum absolute atomic E-state index is 13.9. The Morgan fingerprint density at radius 1 is 1.41 bits per heavy atom. The van der Waals surface area contributed by atoms with Gasteiger partial charge in [-0.15, -0.1) is 0 Å². The minimum absolute atomic E-state index is 0.239. The van der Waals surface area contributed by atoms with Gasteiger partial charge in [-0.05, 0) is 43.4 Å². The summed E-state index contributed by atoms with van der Waals surface area (Å²) in [6, 6.07) is 5.02. The van der Waals surface area contributed by atoms with Crippen LogP contribution in [0.3, 0.4) is 0 Å². The maximum atomic E-state index is 13.9. The molecule has 1 saturated carbocycles. The van der Waals surface area contributed by atoms with Crippen molar-refractivity contribution in [3.8, 4) is 0 Å². The fourth-order valence-corrected chi connectivity index (χ4v) is 3.95. The highest BCUT2D eigenvalue weighted by Crippen LogP contribution is 2.44. The van der Waals surface area contributed by atoms with Crippen molar-refractivity contribution in [2.45, 2.75) is 37.6 Å². The SMILES string of the molecule is Cc1c(F)cccc1C1(C(=O)O)CCC(N2CCOCC2)C1. The van der Waals surface area contributed by atoms with Gasteiger partial charge in [0.25, 0.3) is 0 Å². The Morgan fingerprint density at radius 2 is 2.14 bits per heavy atom. The number of hydrogen-bond acceptors (Lipinski definition) is 3. The summed E-state index contributed by atoms with van der Waals surface area (Å²) in [6.45, 7) is 4.79. The lowest BCUT2D eigenvalue weighted by atomic mass is 9.76. The van der Waals surface area contributed by atoms with Crippen LogP contribution in [-0.4, -0.2) is 48.3 Å². The molecular weight excluding hydrogens is 285 g/mol. The minimum Gasteiger partial charge on any atom is -0.481 e. The van der Waals surface area contributed by atoms with Crippen molar-refractivity contribution in [1.29, 1.82) is 0 Å². The molecule has 0 radical (unpaired) electrons. The van der Waals surface area contributed by atoms with E-state index in [0.29, 0.717) is 37.2 Å². The smallest absolute Gasteiger partial charge is 0.314 e. The molecule has 2 atom stereocenters. The van der Waals surface area contributed by atoms with E-state index >= 15 is 0 Å². The van der Waals surface area contributed by atoms with E-state index in [1.165, 1.54) is 6.07 Å². The third kappa shape index (κ3) is 2.52. The van der Waals surface area contributed by atoms with E-state index in [1.807, 2.05) is 0 Å². The Labute approximate surface area is 129 Å². The van der Waals surface area contributed by atoms with Gasteiger partial charge >= 0.3 is 5.97 Å². The number of benzene rings is 1. The maximum Gasteiger partial charge on any atom is 0.314 e. The summed E-state index contributed by atoms with van der Waals surface area (Å²) in [6.07, 6.45) is 1.95. The number of carbonyl (C=O) groups is 1. The summed E-state index contributed by atoms with van der Waals surface area (Å²) in [4.78, 5) is 14.4. The average Bonchev–Trinajstić information content (AvgIpc) is 2.97. The molecule has 0 spiro atoms. The molecule has 0 amide bonds. The lowest BCUT2D eigenvalue weighted by molar-refractivity contribution is -0.143. The Kier molecular flexibility index (Phi) is 4.19. The number of nitrogens with zero attached hydrogens (tertiary/aromatic N) is 1. The van der Waals surface area contributed by atoms with E-state index in [0.717, 1.165) is 19.5 Å². The number of hydrogen-bond donors (Lipinski definition) is 1. The molecule has 4 nitrogen and oxygen atoms in total. The first kappa shape index (κ1) is 15.4. The van der Waals surface area contributed by atoms with E-state index in [4.69, 9.17) is 4.74 Å². The highest BCUT2D eigenvalue weighted by atomic mass is 19.1. The summed E-state index contributed by atoms with van der Waals surface area (Å²) in [5.74, 6) is -1.16. The highest BCUT2D eigenvalue weighted by molar-refractivity contribution is 5.82. The fourth-order valence-electron chi connectivity index (χ4n) is 3.95. The third-order valence-electron chi connectivity index (χ3n) is 5.24. The second-order valence-corrected chi connectivity index (χ2v) is 6.34. The second-order valence-electron chi connectivity index (χ2n) is 6.34. The summed E-state index contributed by atoms with van der Waals surface area (Å²) < 4.78 is 19.3. The van der Waals surface area contributed by atoms with Gasteiger partial charge in [-0.25, -0.2) is 4.39 Å². The number of ether oxygens (including phenoxy) is 1. The normalized spacial score (nSPS) is 29.6. The molecule has 1 saturated heterocycles. The first-order valence-corrected chi connectivity index (χ1v) is 7.85. The van der Waals surface area contributed by atoms with E-state index in [9.17, 15) is 14.3 Å². The van der Waals surface area contributed by atoms with Gasteiger partial charge in [-0.3, -0.25) is 9.69 Å². The van der Waals surface area contributed by atoms with E-state index in [2.05, 4.69) is 4.90 Å². The van der Waals surface area contributed by atoms with Crippen molar-refractivity contribution in [3.63, 3.8) is 0 Å². The number of carboxylic acids is 1. The molecule has 1 aromatic rings. The molecule has 1 aliphatic heterocycles. The molecule has 120 valence electrons. The number of carboxylic acid groups (broad SMARTS) is 1. The molecule has 3 rings (SSSR count). The van der Waals surface area contributed by atoms with Crippen LogP contribution < -0.4 is 0 Å². The summed E-state index contributed by atoms with van der Waals surface area (Å²) in [5.41, 5.74) is 0.137. The highest BCUT2D eigenvalue weighted by Gasteiger charge is 2.49. The summed E-state index contributed by atoms with van der Waals surface area (Å²) >= 11 is 0. The fraction of sp³-hybridized carbons (Fsp3) is 0.588. The lowest BCUT2D eigenvalue weighted by Crippen LogP contribution is -2.44. The van der Waals surface area contributed by atoms with Gasteiger partial charge in [-0.1, -0.05) is 12.1 Å². The van der Waals surface area contributed by atoms with Crippen LogP contribution in [-0.2, 0) is 14.9 Å². The Bertz CT molecular complexity index is 571. The first-order chi connectivity index (χ1) is 10.5. The molecule has 2 fully saturated rings. The topological polar surface area (TPSA) is 49.8 Å². The van der Waals surface area contributed by atoms with Crippen molar-refractivity contribution >= 4 is 5.97 Å². The van der Waals surface area contributed by atoms with Crippen LogP contribution in [0.2, 0.25) is 0 Å². The molecule has 22 heavy (non-hydrogen) atoms. The number of halogens is 1. The van der Waals surface area contributed by atoms with Crippen molar-refractivity contribution in [1.82, 2.24) is 4.90 Å². The Hall–Kier alpha value is -1.46. The minimum atomic E-state index is -0.963. The molecule has 5 heteroatoms. The number of aliphatic carboxylic acids is 1. The standard InChI is InChI=1S/C17H22FNO3/c1-12-14(3-2-4-15(12)18)17(16(20)21)6-5-13(11-17)19-7-9-22-10-8-19/h2-4,13H,5-11H2,1H3,(H,20,21). The van der Waals surface area contributed by atoms with Gasteiger partial charge in [0.2, 0.25) is 0 Å². The monoisotopic (exact) mass is 307 g/mol. The molecular formula is C17H22FNO3. The molecule has 0 bridgehead atoms. The zero-order valence-corrected chi connectivity index (χ0v) is 12.8. The molecule has 0 aromatic heterocycles.